The second kappa shape index (κ2) is 8.72. The quantitative estimate of drug-likeness (QED) is 0.277. The summed E-state index contributed by atoms with van der Waals surface area (Å²) < 4.78 is 15.8. The lowest BCUT2D eigenvalue weighted by Crippen LogP contribution is -2.09. The van der Waals surface area contributed by atoms with Gasteiger partial charge in [-0.25, -0.2) is 0 Å². The number of halogens is 6. The Kier molecular flexibility index (Phi) is 7.23. The zero-order chi connectivity index (χ0) is 17.0. The maximum absolute atomic E-state index is 5.99. The Hall–Kier alpha value is -0.260. The smallest absolute Gasteiger partial charge is 0.192 e. The van der Waals surface area contributed by atoms with Gasteiger partial charge in [0.15, 0.2) is 13.6 Å². The zero-order valence-corrected chi connectivity index (χ0v) is 15.8. The maximum atomic E-state index is 5.99. The molecular formula is C14H8Cl6O3. The van der Waals surface area contributed by atoms with Gasteiger partial charge in [-0.1, -0.05) is 69.6 Å². The first kappa shape index (κ1) is 19.1. The molecule has 9 heteroatoms. The highest BCUT2D eigenvalue weighted by Gasteiger charge is 2.11. The van der Waals surface area contributed by atoms with Crippen LogP contribution in [0, 0.1) is 0 Å². The summed E-state index contributed by atoms with van der Waals surface area (Å²) in [4.78, 5) is 0. The van der Waals surface area contributed by atoms with Crippen molar-refractivity contribution in [2.24, 2.45) is 0 Å². The Morgan fingerprint density at radius 1 is 0.565 bits per heavy atom. The van der Waals surface area contributed by atoms with Gasteiger partial charge in [-0.15, -0.1) is 0 Å². The molecule has 0 radical (unpaired) electrons. The second-order valence-corrected chi connectivity index (χ2v) is 6.40. The highest BCUT2D eigenvalue weighted by molar-refractivity contribution is 6.49. The van der Waals surface area contributed by atoms with E-state index in [9.17, 15) is 0 Å². The summed E-state index contributed by atoms with van der Waals surface area (Å²) in [6.07, 6.45) is 0. The molecule has 0 aliphatic carbocycles. The molecule has 0 saturated carbocycles. The minimum absolute atomic E-state index is 0.114. The molecule has 0 heterocycles. The molecule has 0 unspecified atom stereocenters. The lowest BCUT2D eigenvalue weighted by molar-refractivity contribution is -0.0536. The monoisotopic (exact) mass is 434 g/mol. The van der Waals surface area contributed by atoms with Crippen molar-refractivity contribution in [1.82, 2.24) is 0 Å². The van der Waals surface area contributed by atoms with Crippen molar-refractivity contribution in [3.63, 3.8) is 0 Å². The Balaban J connectivity index is 1.83. The molecule has 23 heavy (non-hydrogen) atoms. The predicted octanol–water partition coefficient (Wildman–Crippen LogP) is 7.00. The van der Waals surface area contributed by atoms with Gasteiger partial charge in [0.2, 0.25) is 0 Å². The van der Waals surface area contributed by atoms with Gasteiger partial charge in [-0.2, -0.15) is 0 Å². The van der Waals surface area contributed by atoms with E-state index in [0.29, 0.717) is 21.5 Å². The number of hydrogen-bond donors (Lipinski definition) is 0. The molecular weight excluding hydrogens is 429 g/mol. The summed E-state index contributed by atoms with van der Waals surface area (Å²) in [5.41, 5.74) is 0. The van der Waals surface area contributed by atoms with Crippen LogP contribution in [-0.2, 0) is 4.74 Å². The lowest BCUT2D eigenvalue weighted by Gasteiger charge is -2.12. The van der Waals surface area contributed by atoms with E-state index in [-0.39, 0.29) is 33.7 Å². The molecule has 0 amide bonds. The van der Waals surface area contributed by atoms with E-state index in [1.54, 1.807) is 24.3 Å². The van der Waals surface area contributed by atoms with Crippen molar-refractivity contribution in [2.75, 3.05) is 13.6 Å². The van der Waals surface area contributed by atoms with Crippen molar-refractivity contribution < 1.29 is 14.2 Å². The van der Waals surface area contributed by atoms with E-state index in [1.165, 1.54) is 0 Å². The van der Waals surface area contributed by atoms with Crippen LogP contribution in [0.3, 0.4) is 0 Å². The summed E-state index contributed by atoms with van der Waals surface area (Å²) in [6, 6.07) is 6.29. The zero-order valence-electron chi connectivity index (χ0n) is 11.2. The van der Waals surface area contributed by atoms with Crippen molar-refractivity contribution in [3.05, 3.63) is 54.4 Å². The third-order valence-electron chi connectivity index (χ3n) is 2.60. The average Bonchev–Trinajstić information content (AvgIpc) is 2.54. The summed E-state index contributed by atoms with van der Waals surface area (Å²) >= 11 is 35.4. The van der Waals surface area contributed by atoms with Crippen LogP contribution in [0.4, 0.5) is 0 Å². The van der Waals surface area contributed by atoms with Crippen molar-refractivity contribution in [1.29, 1.82) is 0 Å². The van der Waals surface area contributed by atoms with Crippen LogP contribution in [0.2, 0.25) is 30.1 Å². The van der Waals surface area contributed by atoms with Gasteiger partial charge < -0.3 is 14.2 Å². The number of rotatable bonds is 6. The van der Waals surface area contributed by atoms with E-state index in [4.69, 9.17) is 83.8 Å². The van der Waals surface area contributed by atoms with Gasteiger partial charge in [0.05, 0.1) is 20.1 Å². The highest BCUT2D eigenvalue weighted by atomic mass is 35.5. The standard InChI is InChI=1S/C14H8Cl6O3/c15-7-1-3-9(13(19)11(7)17)22-5-21-6-23-10-4-2-8(16)12(18)14(10)20/h1-4H,5-6H2. The SMILES string of the molecule is Clc1ccc(OCOCOc2ccc(Cl)c(Cl)c2Cl)c(Cl)c1Cl. The van der Waals surface area contributed by atoms with Crippen molar-refractivity contribution in [2.45, 2.75) is 0 Å². The molecule has 0 aromatic heterocycles. The maximum Gasteiger partial charge on any atom is 0.192 e. The molecule has 2 aromatic carbocycles. The van der Waals surface area contributed by atoms with E-state index < -0.39 is 0 Å². The normalized spacial score (nSPS) is 10.7. The summed E-state index contributed by atoms with van der Waals surface area (Å²) in [5, 5.41) is 1.51. The third kappa shape index (κ3) is 4.86. The molecule has 2 rings (SSSR count). The number of hydrogen-bond acceptors (Lipinski definition) is 3. The van der Waals surface area contributed by atoms with E-state index in [0.717, 1.165) is 0 Å². The summed E-state index contributed by atoms with van der Waals surface area (Å²) in [7, 11) is 0. The molecule has 0 bridgehead atoms. The van der Waals surface area contributed by atoms with Gasteiger partial charge in [0.25, 0.3) is 0 Å². The minimum atomic E-state index is -0.114. The van der Waals surface area contributed by atoms with Crippen LogP contribution in [0.1, 0.15) is 0 Å². The van der Waals surface area contributed by atoms with Gasteiger partial charge in [0.1, 0.15) is 21.5 Å². The molecule has 0 aliphatic rings. The fraction of sp³-hybridized carbons (Fsp3) is 0.143. The van der Waals surface area contributed by atoms with E-state index in [1.807, 2.05) is 0 Å². The van der Waals surface area contributed by atoms with Gasteiger partial charge in [-0.05, 0) is 24.3 Å². The van der Waals surface area contributed by atoms with Crippen LogP contribution in [0.25, 0.3) is 0 Å². The van der Waals surface area contributed by atoms with E-state index in [2.05, 4.69) is 0 Å². The highest BCUT2D eigenvalue weighted by Crippen LogP contribution is 2.38. The molecule has 0 N–H and O–H groups in total. The molecule has 124 valence electrons. The van der Waals surface area contributed by atoms with Crippen molar-refractivity contribution in [3.8, 4) is 11.5 Å². The van der Waals surface area contributed by atoms with Gasteiger partial charge >= 0.3 is 0 Å². The van der Waals surface area contributed by atoms with Crippen LogP contribution in [0.15, 0.2) is 24.3 Å². The average molecular weight is 437 g/mol. The van der Waals surface area contributed by atoms with Crippen LogP contribution < -0.4 is 9.47 Å². The summed E-state index contributed by atoms with van der Waals surface area (Å²) in [6.45, 7) is -0.229. The first-order valence-corrected chi connectivity index (χ1v) is 8.29. The fourth-order valence-corrected chi connectivity index (χ4v) is 2.65. The van der Waals surface area contributed by atoms with Gasteiger partial charge in [0, 0.05) is 0 Å². The Bertz CT molecular complexity index is 648. The predicted molar refractivity (Wildman–Crippen MR) is 95.0 cm³/mol. The molecule has 0 spiro atoms. The Labute approximate surface area is 162 Å². The van der Waals surface area contributed by atoms with Crippen LogP contribution in [-0.4, -0.2) is 13.6 Å². The molecule has 0 atom stereocenters. The lowest BCUT2D eigenvalue weighted by atomic mass is 10.3. The number of ether oxygens (including phenoxy) is 3. The van der Waals surface area contributed by atoms with E-state index >= 15 is 0 Å². The largest absolute Gasteiger partial charge is 0.466 e. The molecule has 3 nitrogen and oxygen atoms in total. The van der Waals surface area contributed by atoms with Crippen LogP contribution >= 0.6 is 69.6 Å². The molecule has 2 aromatic rings. The molecule has 0 saturated heterocycles. The van der Waals surface area contributed by atoms with Crippen LogP contribution in [0.5, 0.6) is 11.5 Å². The number of benzene rings is 2. The first-order chi connectivity index (χ1) is 10.9. The minimum Gasteiger partial charge on any atom is -0.466 e. The Morgan fingerprint density at radius 3 is 1.35 bits per heavy atom. The second-order valence-electron chi connectivity index (χ2n) is 4.08. The topological polar surface area (TPSA) is 27.7 Å². The summed E-state index contributed by atoms with van der Waals surface area (Å²) in [5.74, 6) is 0.683. The molecule has 0 fully saturated rings. The van der Waals surface area contributed by atoms with Gasteiger partial charge in [-0.3, -0.25) is 0 Å². The Morgan fingerprint density at radius 2 is 0.957 bits per heavy atom. The van der Waals surface area contributed by atoms with Crippen molar-refractivity contribution >= 4 is 69.6 Å². The first-order valence-electron chi connectivity index (χ1n) is 6.02. The molecule has 0 aliphatic heterocycles. The third-order valence-corrected chi connectivity index (χ3v) is 5.15. The fourth-order valence-electron chi connectivity index (χ4n) is 1.48.